The lowest BCUT2D eigenvalue weighted by Gasteiger charge is -1.98. The minimum atomic E-state index is 0.902. The van der Waals surface area contributed by atoms with E-state index in [1.807, 2.05) is 13.3 Å². The van der Waals surface area contributed by atoms with E-state index < -0.39 is 0 Å². The molecule has 0 atom stereocenters. The second-order valence-corrected chi connectivity index (χ2v) is 4.24. The van der Waals surface area contributed by atoms with Crippen LogP contribution in [0.25, 0.3) is 0 Å². The van der Waals surface area contributed by atoms with Gasteiger partial charge < -0.3 is 4.57 Å². The molecule has 1 aromatic heterocycles. The summed E-state index contributed by atoms with van der Waals surface area (Å²) in [4.78, 5) is 4.19. The Labute approximate surface area is 99.4 Å². The molecule has 0 fully saturated rings. The fraction of sp³-hybridized carbons (Fsp3) is 0.375. The zero-order valence-electron chi connectivity index (χ0n) is 6.64. The van der Waals surface area contributed by atoms with Gasteiger partial charge in [0, 0.05) is 13.0 Å². The molecule has 0 aliphatic carbocycles. The highest BCUT2D eigenvalue weighted by Crippen LogP contribution is 2.12. The first kappa shape index (κ1) is 10.3. The Kier molecular flexibility index (Phi) is 4.35. The van der Waals surface area contributed by atoms with Crippen LogP contribution in [-0.4, -0.2) is 9.55 Å². The normalized spacial score (nSPS) is 9.25. The summed E-state index contributed by atoms with van der Waals surface area (Å²) in [6, 6.07) is 0. The lowest BCUT2D eigenvalue weighted by atomic mass is 10.4. The average molecular weight is 386 g/mol. The highest BCUT2D eigenvalue weighted by Gasteiger charge is 2.02. The number of hydrogen-bond donors (Lipinski definition) is 0. The van der Waals surface area contributed by atoms with Gasteiger partial charge in [-0.2, -0.15) is 0 Å². The Morgan fingerprint density at radius 3 is 2.83 bits per heavy atom. The van der Waals surface area contributed by atoms with Crippen molar-refractivity contribution in [1.82, 2.24) is 9.55 Å². The van der Waals surface area contributed by atoms with Crippen LogP contribution in [0, 0.1) is 19.2 Å². The van der Waals surface area contributed by atoms with Crippen molar-refractivity contribution in [3.8, 4) is 11.8 Å². The largest absolute Gasteiger partial charge is 0.324 e. The average Bonchev–Trinajstić information content (AvgIpc) is 2.36. The minimum absolute atomic E-state index is 0.902. The highest BCUT2D eigenvalue weighted by molar-refractivity contribution is 14.1. The van der Waals surface area contributed by atoms with Crippen LogP contribution in [0.4, 0.5) is 0 Å². The van der Waals surface area contributed by atoms with Gasteiger partial charge in [-0.1, -0.05) is 0 Å². The second-order valence-electron chi connectivity index (χ2n) is 2.20. The molecule has 0 unspecified atom stereocenters. The molecule has 12 heavy (non-hydrogen) atoms. The number of rotatable bonds is 2. The van der Waals surface area contributed by atoms with Gasteiger partial charge in [-0.05, 0) is 52.1 Å². The monoisotopic (exact) mass is 386 g/mol. The molecule has 0 spiro atoms. The number of aryl methyl sites for hydroxylation is 1. The maximum Gasteiger partial charge on any atom is 0.132 e. The molecular formula is C8H8I2N2. The van der Waals surface area contributed by atoms with Gasteiger partial charge in [-0.3, -0.25) is 0 Å². The van der Waals surface area contributed by atoms with Crippen LogP contribution in [0.2, 0.25) is 0 Å². The molecule has 0 saturated carbocycles. The van der Waals surface area contributed by atoms with Crippen LogP contribution in [0.5, 0.6) is 0 Å². The smallest absolute Gasteiger partial charge is 0.132 e. The molecule has 64 valence electrons. The predicted molar refractivity (Wildman–Crippen MR) is 65.7 cm³/mol. The van der Waals surface area contributed by atoms with Gasteiger partial charge >= 0.3 is 0 Å². The van der Waals surface area contributed by atoms with Crippen LogP contribution in [0.15, 0.2) is 6.33 Å². The van der Waals surface area contributed by atoms with E-state index in [9.17, 15) is 0 Å². The zero-order valence-corrected chi connectivity index (χ0v) is 11.0. The third kappa shape index (κ3) is 2.62. The van der Waals surface area contributed by atoms with Crippen molar-refractivity contribution in [3.63, 3.8) is 0 Å². The lowest BCUT2D eigenvalue weighted by Crippen LogP contribution is -1.97. The van der Waals surface area contributed by atoms with E-state index in [-0.39, 0.29) is 0 Å². The van der Waals surface area contributed by atoms with E-state index in [0.717, 1.165) is 16.7 Å². The molecule has 0 bridgehead atoms. The summed E-state index contributed by atoms with van der Waals surface area (Å²) in [6.45, 7) is 2.80. The molecule has 0 aliphatic rings. The summed E-state index contributed by atoms with van der Waals surface area (Å²) in [5.74, 6) is 5.90. The minimum Gasteiger partial charge on any atom is -0.324 e. The summed E-state index contributed by atoms with van der Waals surface area (Å²) in [6.07, 6.45) is 2.76. The SMILES string of the molecule is CC#CCCn1cnc(I)c1I. The summed E-state index contributed by atoms with van der Waals surface area (Å²) < 4.78 is 4.39. The number of aromatic nitrogens is 2. The number of imidazole rings is 1. The van der Waals surface area contributed by atoms with E-state index in [4.69, 9.17) is 0 Å². The van der Waals surface area contributed by atoms with Crippen molar-refractivity contribution in [1.29, 1.82) is 0 Å². The first-order valence-corrected chi connectivity index (χ1v) is 5.67. The van der Waals surface area contributed by atoms with Crippen molar-refractivity contribution in [3.05, 3.63) is 13.7 Å². The molecule has 0 N–H and O–H groups in total. The van der Waals surface area contributed by atoms with Crippen molar-refractivity contribution < 1.29 is 0 Å². The molecule has 1 aromatic rings. The molecule has 0 saturated heterocycles. The Balaban J connectivity index is 2.61. The van der Waals surface area contributed by atoms with Gasteiger partial charge in [0.2, 0.25) is 0 Å². The summed E-state index contributed by atoms with van der Waals surface area (Å²) in [7, 11) is 0. The Morgan fingerprint density at radius 1 is 1.58 bits per heavy atom. The summed E-state index contributed by atoms with van der Waals surface area (Å²) in [5, 5.41) is 0. The van der Waals surface area contributed by atoms with Crippen LogP contribution in [0.1, 0.15) is 13.3 Å². The molecule has 0 radical (unpaired) electrons. The van der Waals surface area contributed by atoms with Crippen LogP contribution in [0.3, 0.4) is 0 Å². The quantitative estimate of drug-likeness (QED) is 0.565. The number of nitrogens with zero attached hydrogens (tertiary/aromatic N) is 2. The molecule has 2 nitrogen and oxygen atoms in total. The number of hydrogen-bond acceptors (Lipinski definition) is 1. The van der Waals surface area contributed by atoms with Gasteiger partial charge in [-0.25, -0.2) is 4.98 Å². The van der Waals surface area contributed by atoms with Crippen molar-refractivity contribution in [2.24, 2.45) is 0 Å². The van der Waals surface area contributed by atoms with Crippen LogP contribution < -0.4 is 0 Å². The Bertz CT molecular complexity index is 320. The van der Waals surface area contributed by atoms with Gasteiger partial charge in [0.25, 0.3) is 0 Å². The molecule has 1 rings (SSSR count). The second kappa shape index (κ2) is 5.07. The molecule has 0 amide bonds. The summed E-state index contributed by atoms with van der Waals surface area (Å²) >= 11 is 4.53. The molecule has 0 aliphatic heterocycles. The summed E-state index contributed by atoms with van der Waals surface area (Å²) in [5.41, 5.74) is 0. The third-order valence-electron chi connectivity index (χ3n) is 1.39. The first-order chi connectivity index (χ1) is 5.75. The zero-order chi connectivity index (χ0) is 8.97. The van der Waals surface area contributed by atoms with E-state index >= 15 is 0 Å². The molecule has 4 heteroatoms. The number of halogens is 2. The van der Waals surface area contributed by atoms with Gasteiger partial charge in [0.05, 0.1) is 6.33 Å². The molecule has 0 aromatic carbocycles. The fourth-order valence-electron chi connectivity index (χ4n) is 0.800. The van der Waals surface area contributed by atoms with E-state index in [1.54, 1.807) is 0 Å². The van der Waals surface area contributed by atoms with Crippen molar-refractivity contribution in [2.45, 2.75) is 19.9 Å². The van der Waals surface area contributed by atoms with Gasteiger partial charge in [0.1, 0.15) is 7.40 Å². The van der Waals surface area contributed by atoms with E-state index in [0.29, 0.717) is 0 Å². The maximum atomic E-state index is 4.19. The predicted octanol–water partition coefficient (Wildman–Crippen LogP) is 2.51. The lowest BCUT2D eigenvalue weighted by molar-refractivity contribution is 0.702. The topological polar surface area (TPSA) is 17.8 Å². The Hall–Kier alpha value is 0.230. The molecular weight excluding hydrogens is 378 g/mol. The standard InChI is InChI=1S/C8H8I2N2/c1-2-3-4-5-12-6-11-7(9)8(12)10/h6H,4-5H2,1H3. The maximum absolute atomic E-state index is 4.19. The van der Waals surface area contributed by atoms with E-state index in [1.165, 1.54) is 3.70 Å². The third-order valence-corrected chi connectivity index (χ3v) is 4.34. The van der Waals surface area contributed by atoms with Gasteiger partial charge in [0.15, 0.2) is 0 Å². The first-order valence-electron chi connectivity index (χ1n) is 3.51. The van der Waals surface area contributed by atoms with Gasteiger partial charge in [-0.15, -0.1) is 11.8 Å². The van der Waals surface area contributed by atoms with Crippen molar-refractivity contribution >= 4 is 45.2 Å². The van der Waals surface area contributed by atoms with Crippen LogP contribution >= 0.6 is 45.2 Å². The van der Waals surface area contributed by atoms with E-state index in [2.05, 4.69) is 66.6 Å². The Morgan fingerprint density at radius 2 is 2.33 bits per heavy atom. The highest BCUT2D eigenvalue weighted by atomic mass is 127. The molecule has 1 heterocycles. The fourth-order valence-corrected chi connectivity index (χ4v) is 1.74. The van der Waals surface area contributed by atoms with Crippen molar-refractivity contribution in [2.75, 3.05) is 0 Å². The van der Waals surface area contributed by atoms with Crippen LogP contribution in [-0.2, 0) is 6.54 Å².